The van der Waals surface area contributed by atoms with Crippen LogP contribution < -0.4 is 20.7 Å². The molecular weight excluding hydrogens is 246 g/mol. The van der Waals surface area contributed by atoms with Crippen molar-refractivity contribution in [3.8, 4) is 5.75 Å². The molecule has 0 saturated carbocycles. The zero-order valence-corrected chi connectivity index (χ0v) is 11.2. The highest BCUT2D eigenvalue weighted by Crippen LogP contribution is 2.12. The second-order valence-corrected chi connectivity index (χ2v) is 3.90. The molecule has 104 valence electrons. The Kier molecular flexibility index (Phi) is 6.38. The minimum Gasteiger partial charge on any atom is -0.493 e. The Morgan fingerprint density at radius 2 is 1.84 bits per heavy atom. The second-order valence-electron chi connectivity index (χ2n) is 3.90. The van der Waals surface area contributed by atoms with Crippen LogP contribution in [0.1, 0.15) is 12.0 Å². The van der Waals surface area contributed by atoms with Gasteiger partial charge in [-0.3, -0.25) is 10.1 Å². The summed E-state index contributed by atoms with van der Waals surface area (Å²) >= 11 is 0. The molecule has 0 spiro atoms. The molecule has 1 rings (SSSR count). The minimum absolute atomic E-state index is 0.131. The molecule has 6 nitrogen and oxygen atoms in total. The Labute approximate surface area is 112 Å². The molecule has 0 aliphatic rings. The first-order valence-electron chi connectivity index (χ1n) is 6.03. The van der Waals surface area contributed by atoms with Crippen molar-refractivity contribution in [3.05, 3.63) is 29.8 Å². The van der Waals surface area contributed by atoms with Gasteiger partial charge in [-0.1, -0.05) is 12.1 Å². The molecule has 0 aromatic heterocycles. The van der Waals surface area contributed by atoms with Gasteiger partial charge >= 0.3 is 6.03 Å². The van der Waals surface area contributed by atoms with Gasteiger partial charge in [0.15, 0.2) is 0 Å². The van der Waals surface area contributed by atoms with Crippen molar-refractivity contribution in [1.82, 2.24) is 16.0 Å². The van der Waals surface area contributed by atoms with Gasteiger partial charge in [-0.25, -0.2) is 4.79 Å². The molecule has 6 heteroatoms. The zero-order chi connectivity index (χ0) is 14.1. The number of ether oxygens (including phenoxy) is 1. The van der Waals surface area contributed by atoms with Gasteiger partial charge in [-0.15, -0.1) is 0 Å². The Bertz CT molecular complexity index is 418. The Balaban J connectivity index is 2.29. The first kappa shape index (κ1) is 15.0. The van der Waals surface area contributed by atoms with Crippen molar-refractivity contribution in [1.29, 1.82) is 0 Å². The van der Waals surface area contributed by atoms with E-state index in [9.17, 15) is 9.59 Å². The lowest BCUT2D eigenvalue weighted by Crippen LogP contribution is -2.37. The molecule has 1 aromatic carbocycles. The van der Waals surface area contributed by atoms with Crippen molar-refractivity contribution in [3.63, 3.8) is 0 Å². The Hall–Kier alpha value is -2.08. The topological polar surface area (TPSA) is 79.5 Å². The maximum Gasteiger partial charge on any atom is 0.321 e. The average molecular weight is 265 g/mol. The van der Waals surface area contributed by atoms with E-state index in [2.05, 4.69) is 16.0 Å². The number of amides is 3. The SMILES string of the molecule is CNCc1ccc(OCCC(=O)NC(=O)NC)cc1. The highest BCUT2D eigenvalue weighted by atomic mass is 16.5. The van der Waals surface area contributed by atoms with Crippen LogP contribution in [-0.4, -0.2) is 32.6 Å². The zero-order valence-electron chi connectivity index (χ0n) is 11.2. The second kappa shape index (κ2) is 8.10. The first-order valence-corrected chi connectivity index (χ1v) is 6.03. The monoisotopic (exact) mass is 265 g/mol. The van der Waals surface area contributed by atoms with E-state index in [0.29, 0.717) is 5.75 Å². The summed E-state index contributed by atoms with van der Waals surface area (Å²) in [5.74, 6) is 0.332. The summed E-state index contributed by atoms with van der Waals surface area (Å²) in [6.45, 7) is 1.03. The van der Waals surface area contributed by atoms with E-state index in [4.69, 9.17) is 4.74 Å². The van der Waals surface area contributed by atoms with Crippen LogP contribution in [0, 0.1) is 0 Å². The van der Waals surface area contributed by atoms with Crippen LogP contribution >= 0.6 is 0 Å². The minimum atomic E-state index is -0.513. The van der Waals surface area contributed by atoms with Crippen molar-refractivity contribution in [2.24, 2.45) is 0 Å². The predicted molar refractivity (Wildman–Crippen MR) is 71.9 cm³/mol. The van der Waals surface area contributed by atoms with Crippen LogP contribution in [0.5, 0.6) is 5.75 Å². The molecule has 19 heavy (non-hydrogen) atoms. The van der Waals surface area contributed by atoms with Gasteiger partial charge in [0.1, 0.15) is 5.75 Å². The lowest BCUT2D eigenvalue weighted by molar-refractivity contribution is -0.120. The number of urea groups is 1. The van der Waals surface area contributed by atoms with Gasteiger partial charge < -0.3 is 15.4 Å². The molecule has 1 aromatic rings. The number of hydrogen-bond acceptors (Lipinski definition) is 4. The van der Waals surface area contributed by atoms with Gasteiger partial charge in [0.05, 0.1) is 13.0 Å². The third kappa shape index (κ3) is 5.87. The van der Waals surface area contributed by atoms with Gasteiger partial charge in [-0.2, -0.15) is 0 Å². The Morgan fingerprint density at radius 3 is 2.42 bits per heavy atom. The number of benzene rings is 1. The van der Waals surface area contributed by atoms with Gasteiger partial charge in [0.25, 0.3) is 0 Å². The summed E-state index contributed by atoms with van der Waals surface area (Å²) in [4.78, 5) is 22.1. The molecule has 0 aliphatic heterocycles. The number of rotatable bonds is 6. The largest absolute Gasteiger partial charge is 0.493 e. The van der Waals surface area contributed by atoms with Crippen LogP contribution in [0.4, 0.5) is 4.79 Å². The lowest BCUT2D eigenvalue weighted by Gasteiger charge is -2.07. The number of carbonyl (C=O) groups is 2. The maximum atomic E-state index is 11.3. The van der Waals surface area contributed by atoms with E-state index < -0.39 is 6.03 Å². The fraction of sp³-hybridized carbons (Fsp3) is 0.385. The highest BCUT2D eigenvalue weighted by molar-refractivity contribution is 5.94. The normalized spacial score (nSPS) is 9.79. The van der Waals surface area contributed by atoms with Crippen LogP contribution in [0.2, 0.25) is 0 Å². The van der Waals surface area contributed by atoms with E-state index in [-0.39, 0.29) is 18.9 Å². The lowest BCUT2D eigenvalue weighted by atomic mass is 10.2. The standard InChI is InChI=1S/C13H19N3O3/c1-14-9-10-3-5-11(6-4-10)19-8-7-12(17)16-13(18)15-2/h3-6,14H,7-9H2,1-2H3,(H2,15,16,17,18). The van der Waals surface area contributed by atoms with Crippen LogP contribution in [-0.2, 0) is 11.3 Å². The van der Waals surface area contributed by atoms with Crippen molar-refractivity contribution in [2.75, 3.05) is 20.7 Å². The molecule has 0 saturated heterocycles. The van der Waals surface area contributed by atoms with Crippen molar-refractivity contribution >= 4 is 11.9 Å². The van der Waals surface area contributed by atoms with Crippen molar-refractivity contribution < 1.29 is 14.3 Å². The summed E-state index contributed by atoms with van der Waals surface area (Å²) in [5.41, 5.74) is 1.16. The van der Waals surface area contributed by atoms with Gasteiger partial charge in [0.2, 0.25) is 5.91 Å². The van der Waals surface area contributed by atoms with Gasteiger partial charge in [0, 0.05) is 13.6 Å². The summed E-state index contributed by atoms with van der Waals surface area (Å²) in [5, 5.41) is 7.52. The van der Waals surface area contributed by atoms with Crippen LogP contribution in [0.25, 0.3) is 0 Å². The summed E-state index contributed by atoms with van der Waals surface area (Å²) in [6, 6.07) is 7.10. The van der Waals surface area contributed by atoms with E-state index in [1.54, 1.807) is 0 Å². The highest BCUT2D eigenvalue weighted by Gasteiger charge is 2.05. The number of nitrogens with one attached hydrogen (secondary N) is 3. The smallest absolute Gasteiger partial charge is 0.321 e. The summed E-state index contributed by atoms with van der Waals surface area (Å²) in [7, 11) is 3.33. The fourth-order valence-electron chi connectivity index (χ4n) is 1.42. The third-order valence-electron chi connectivity index (χ3n) is 2.38. The molecule has 0 unspecified atom stereocenters. The molecule has 0 atom stereocenters. The van der Waals surface area contributed by atoms with Crippen molar-refractivity contribution in [2.45, 2.75) is 13.0 Å². The maximum absolute atomic E-state index is 11.3. The molecule has 0 aliphatic carbocycles. The molecule has 3 N–H and O–H groups in total. The molecule has 0 heterocycles. The molecule has 3 amide bonds. The van der Waals surface area contributed by atoms with Crippen LogP contribution in [0.3, 0.4) is 0 Å². The number of imide groups is 1. The molecule has 0 radical (unpaired) electrons. The average Bonchev–Trinajstić information content (AvgIpc) is 2.41. The predicted octanol–water partition coefficient (Wildman–Crippen LogP) is 0.630. The first-order chi connectivity index (χ1) is 9.15. The fourth-order valence-corrected chi connectivity index (χ4v) is 1.42. The van der Waals surface area contributed by atoms with E-state index >= 15 is 0 Å². The summed E-state index contributed by atoms with van der Waals surface area (Å²) < 4.78 is 5.41. The molecule has 0 bridgehead atoms. The van der Waals surface area contributed by atoms with E-state index in [0.717, 1.165) is 12.1 Å². The number of carbonyl (C=O) groups excluding carboxylic acids is 2. The van der Waals surface area contributed by atoms with E-state index in [1.807, 2.05) is 31.3 Å². The Morgan fingerprint density at radius 1 is 1.16 bits per heavy atom. The summed E-state index contributed by atoms with van der Waals surface area (Å²) in [6.07, 6.45) is 0.131. The van der Waals surface area contributed by atoms with Gasteiger partial charge in [-0.05, 0) is 24.7 Å². The number of hydrogen-bond donors (Lipinski definition) is 3. The molecular formula is C13H19N3O3. The third-order valence-corrected chi connectivity index (χ3v) is 2.38. The van der Waals surface area contributed by atoms with E-state index in [1.165, 1.54) is 7.05 Å². The molecule has 0 fully saturated rings. The quantitative estimate of drug-likeness (QED) is 0.705. The van der Waals surface area contributed by atoms with Crippen LogP contribution in [0.15, 0.2) is 24.3 Å².